The van der Waals surface area contributed by atoms with E-state index >= 15 is 0 Å². The second-order valence-corrected chi connectivity index (χ2v) is 6.80. The molecule has 1 aromatic carbocycles. The van der Waals surface area contributed by atoms with E-state index in [0.29, 0.717) is 10.7 Å². The zero-order valence-corrected chi connectivity index (χ0v) is 13.3. The Kier molecular flexibility index (Phi) is 5.03. The first-order valence-electron chi connectivity index (χ1n) is 7.14. The highest BCUT2D eigenvalue weighted by atomic mass is 79.9. The molecule has 0 bridgehead atoms. The number of hydrogen-bond donors (Lipinski definition) is 0. The highest BCUT2D eigenvalue weighted by Crippen LogP contribution is 2.25. The number of carbonyl (C=O) groups excluding carboxylic acids is 1. The Morgan fingerprint density at radius 1 is 1.32 bits per heavy atom. The van der Waals surface area contributed by atoms with Gasteiger partial charge in [0, 0.05) is 23.5 Å². The summed E-state index contributed by atoms with van der Waals surface area (Å²) in [5.41, 5.74) is 2.10. The van der Waals surface area contributed by atoms with Crippen LogP contribution in [0.25, 0.3) is 0 Å². The number of rotatable bonds is 3. The summed E-state index contributed by atoms with van der Waals surface area (Å²) in [6, 6.07) is 8.03. The van der Waals surface area contributed by atoms with E-state index < -0.39 is 0 Å². The molecule has 1 aliphatic heterocycles. The van der Waals surface area contributed by atoms with Gasteiger partial charge in [-0.2, -0.15) is 0 Å². The summed E-state index contributed by atoms with van der Waals surface area (Å²) in [4.78, 5) is 14.9. The van der Waals surface area contributed by atoms with Gasteiger partial charge in [0.15, 0.2) is 0 Å². The van der Waals surface area contributed by atoms with E-state index in [2.05, 4.69) is 41.9 Å². The van der Waals surface area contributed by atoms with Crippen LogP contribution < -0.4 is 0 Å². The predicted octanol–water partition coefficient (Wildman–Crippen LogP) is 3.88. The zero-order chi connectivity index (χ0) is 13.8. The summed E-state index contributed by atoms with van der Waals surface area (Å²) >= 11 is 3.65. The maximum Gasteiger partial charge on any atom is 0.253 e. The molecule has 1 fully saturated rings. The number of likely N-dealkylation sites (tertiary alicyclic amines) is 1. The van der Waals surface area contributed by atoms with Crippen molar-refractivity contribution in [2.75, 3.05) is 13.1 Å². The summed E-state index contributed by atoms with van der Waals surface area (Å²) in [7, 11) is 0. The third kappa shape index (κ3) is 3.59. The lowest BCUT2D eigenvalue weighted by Crippen LogP contribution is -2.39. The number of benzene rings is 1. The Bertz CT molecular complexity index is 419. The average molecular weight is 324 g/mol. The van der Waals surface area contributed by atoms with Crippen LogP contribution >= 0.6 is 15.9 Å². The van der Waals surface area contributed by atoms with Crippen LogP contribution in [0.4, 0.5) is 0 Å². The molecule has 0 aliphatic carbocycles. The van der Waals surface area contributed by atoms with Gasteiger partial charge in [-0.05, 0) is 42.9 Å². The molecule has 2 nitrogen and oxygen atoms in total. The maximum absolute atomic E-state index is 12.4. The van der Waals surface area contributed by atoms with E-state index in [9.17, 15) is 4.79 Å². The van der Waals surface area contributed by atoms with E-state index in [1.165, 1.54) is 5.56 Å². The van der Waals surface area contributed by atoms with Crippen LogP contribution in [0.15, 0.2) is 24.3 Å². The van der Waals surface area contributed by atoms with Gasteiger partial charge in [-0.1, -0.05) is 41.9 Å². The molecule has 0 aromatic heterocycles. The van der Waals surface area contributed by atoms with Gasteiger partial charge in [0.25, 0.3) is 5.91 Å². The highest BCUT2D eigenvalue weighted by molar-refractivity contribution is 9.09. The largest absolute Gasteiger partial charge is 0.339 e. The molecule has 1 saturated heterocycles. The van der Waals surface area contributed by atoms with Crippen molar-refractivity contribution in [1.29, 1.82) is 0 Å². The molecule has 104 valence electrons. The number of amides is 1. The van der Waals surface area contributed by atoms with Crippen molar-refractivity contribution in [3.05, 3.63) is 35.4 Å². The minimum absolute atomic E-state index is 0.184. The number of carbonyl (C=O) groups is 1. The molecule has 1 amide bonds. The van der Waals surface area contributed by atoms with E-state index in [-0.39, 0.29) is 5.91 Å². The molecule has 0 N–H and O–H groups in total. The summed E-state index contributed by atoms with van der Waals surface area (Å²) in [5.74, 6) is 0.884. The van der Waals surface area contributed by atoms with Gasteiger partial charge < -0.3 is 4.90 Å². The van der Waals surface area contributed by atoms with Crippen molar-refractivity contribution < 1.29 is 4.79 Å². The Labute approximate surface area is 124 Å². The van der Waals surface area contributed by atoms with Crippen molar-refractivity contribution >= 4 is 21.8 Å². The normalized spacial score (nSPS) is 18.4. The minimum atomic E-state index is 0.184. The van der Waals surface area contributed by atoms with Gasteiger partial charge in [-0.3, -0.25) is 4.79 Å². The van der Waals surface area contributed by atoms with Gasteiger partial charge in [0.1, 0.15) is 0 Å². The summed E-state index contributed by atoms with van der Waals surface area (Å²) < 4.78 is 0. The lowest BCUT2D eigenvalue weighted by atomic mass is 9.94. The third-order valence-electron chi connectivity index (χ3n) is 4.09. The lowest BCUT2D eigenvalue weighted by molar-refractivity contribution is 0.0691. The van der Waals surface area contributed by atoms with Crippen LogP contribution in [0, 0.1) is 5.92 Å². The van der Waals surface area contributed by atoms with Crippen molar-refractivity contribution in [2.45, 2.75) is 37.9 Å². The van der Waals surface area contributed by atoms with Gasteiger partial charge in [0.05, 0.1) is 0 Å². The van der Waals surface area contributed by atoms with Gasteiger partial charge in [0.2, 0.25) is 0 Å². The molecule has 0 radical (unpaired) electrons. The van der Waals surface area contributed by atoms with Crippen LogP contribution in [0.1, 0.15) is 42.6 Å². The molecule has 19 heavy (non-hydrogen) atoms. The van der Waals surface area contributed by atoms with Crippen molar-refractivity contribution in [3.8, 4) is 0 Å². The molecule has 0 saturated carbocycles. The molecule has 2 rings (SSSR count). The average Bonchev–Trinajstić information content (AvgIpc) is 2.46. The fourth-order valence-electron chi connectivity index (χ4n) is 2.63. The van der Waals surface area contributed by atoms with Crippen LogP contribution in [0.3, 0.4) is 0 Å². The quantitative estimate of drug-likeness (QED) is 0.773. The zero-order valence-electron chi connectivity index (χ0n) is 11.7. The summed E-state index contributed by atoms with van der Waals surface area (Å²) in [6.07, 6.45) is 3.22. The predicted molar refractivity (Wildman–Crippen MR) is 82.8 cm³/mol. The van der Waals surface area contributed by atoms with Crippen LogP contribution in [0.2, 0.25) is 0 Å². The van der Waals surface area contributed by atoms with Crippen molar-refractivity contribution in [3.63, 3.8) is 0 Å². The summed E-state index contributed by atoms with van der Waals surface area (Å²) in [6.45, 7) is 6.10. The number of nitrogens with zero attached hydrogens (tertiary/aromatic N) is 1. The third-order valence-corrected chi connectivity index (χ3v) is 4.83. The Morgan fingerprint density at radius 2 is 1.89 bits per heavy atom. The van der Waals surface area contributed by atoms with E-state index in [1.54, 1.807) is 0 Å². The molecule has 1 aliphatic rings. The Morgan fingerprint density at radius 3 is 2.37 bits per heavy atom. The molecular formula is C16H22BrNO. The van der Waals surface area contributed by atoms with E-state index in [1.807, 2.05) is 17.0 Å². The molecule has 1 aromatic rings. The number of halogens is 1. The monoisotopic (exact) mass is 323 g/mol. The summed E-state index contributed by atoms with van der Waals surface area (Å²) in [5, 5.41) is 0. The first-order chi connectivity index (χ1) is 9.11. The standard InChI is InChI=1S/C16H22BrNO/c1-3-13-4-6-15(7-5-13)16(19)18-10-8-14(9-11-18)12(2)17/h4-7,12,14H,3,8-11H2,1-2H3. The van der Waals surface area contributed by atoms with Crippen LogP contribution in [-0.2, 0) is 6.42 Å². The number of hydrogen-bond acceptors (Lipinski definition) is 1. The number of piperidine rings is 1. The van der Waals surface area contributed by atoms with Crippen molar-refractivity contribution in [1.82, 2.24) is 4.90 Å². The van der Waals surface area contributed by atoms with Crippen molar-refractivity contribution in [2.24, 2.45) is 5.92 Å². The lowest BCUT2D eigenvalue weighted by Gasteiger charge is -2.33. The smallest absolute Gasteiger partial charge is 0.253 e. The molecule has 0 spiro atoms. The fraction of sp³-hybridized carbons (Fsp3) is 0.562. The maximum atomic E-state index is 12.4. The molecule has 1 atom stereocenters. The van der Waals surface area contributed by atoms with Gasteiger partial charge in [-0.15, -0.1) is 0 Å². The van der Waals surface area contributed by atoms with Crippen LogP contribution in [0.5, 0.6) is 0 Å². The fourth-order valence-corrected chi connectivity index (χ4v) is 3.16. The molecule has 1 heterocycles. The highest BCUT2D eigenvalue weighted by Gasteiger charge is 2.25. The number of aryl methyl sites for hydroxylation is 1. The Balaban J connectivity index is 1.97. The number of alkyl halides is 1. The second-order valence-electron chi connectivity index (χ2n) is 5.36. The van der Waals surface area contributed by atoms with E-state index in [0.717, 1.165) is 37.9 Å². The van der Waals surface area contributed by atoms with Gasteiger partial charge in [-0.25, -0.2) is 0 Å². The SMILES string of the molecule is CCc1ccc(C(=O)N2CCC(C(C)Br)CC2)cc1. The first-order valence-corrected chi connectivity index (χ1v) is 8.05. The molecule has 1 unspecified atom stereocenters. The molecule has 3 heteroatoms. The van der Waals surface area contributed by atoms with E-state index in [4.69, 9.17) is 0 Å². The van der Waals surface area contributed by atoms with Gasteiger partial charge >= 0.3 is 0 Å². The minimum Gasteiger partial charge on any atom is -0.339 e. The molecular weight excluding hydrogens is 302 g/mol. The van der Waals surface area contributed by atoms with Crippen LogP contribution in [-0.4, -0.2) is 28.7 Å². The second kappa shape index (κ2) is 6.56. The topological polar surface area (TPSA) is 20.3 Å². The first kappa shape index (κ1) is 14.6. The Hall–Kier alpha value is -0.830.